The largest absolute Gasteiger partial charge is 0.372 e. The molecule has 5 heteroatoms. The highest BCUT2D eigenvalue weighted by Crippen LogP contribution is 2.33. The van der Waals surface area contributed by atoms with Gasteiger partial charge in [0.05, 0.1) is 12.2 Å². The Morgan fingerprint density at radius 2 is 2.04 bits per heavy atom. The maximum Gasteiger partial charge on any atom is 0.161 e. The second kappa shape index (κ2) is 6.13. The molecule has 2 aliphatic rings. The number of morpholine rings is 1. The summed E-state index contributed by atoms with van der Waals surface area (Å²) >= 11 is 0. The number of aromatic nitrogens is 3. The molecule has 5 nitrogen and oxygen atoms in total. The van der Waals surface area contributed by atoms with Crippen molar-refractivity contribution in [2.75, 3.05) is 24.6 Å². The van der Waals surface area contributed by atoms with Crippen molar-refractivity contribution in [3.63, 3.8) is 0 Å². The van der Waals surface area contributed by atoms with Gasteiger partial charge in [0.2, 0.25) is 0 Å². The molecule has 126 valence electrons. The predicted octanol–water partition coefficient (Wildman–Crippen LogP) is 3.03. The van der Waals surface area contributed by atoms with Gasteiger partial charge in [-0.25, -0.2) is 9.97 Å². The van der Waals surface area contributed by atoms with Crippen molar-refractivity contribution in [2.45, 2.75) is 45.1 Å². The van der Waals surface area contributed by atoms with Crippen molar-refractivity contribution in [3.05, 3.63) is 35.8 Å². The molecule has 3 heterocycles. The fourth-order valence-corrected chi connectivity index (χ4v) is 3.63. The first-order valence-electron chi connectivity index (χ1n) is 8.88. The maximum atomic E-state index is 6.01. The molecule has 1 aliphatic heterocycles. The highest BCUT2D eigenvalue weighted by molar-refractivity contribution is 5.61. The second-order valence-corrected chi connectivity index (χ2v) is 6.96. The quantitative estimate of drug-likeness (QED) is 0.868. The number of hydrogen-bond acceptors (Lipinski definition) is 5. The Morgan fingerprint density at radius 1 is 1.21 bits per heavy atom. The van der Waals surface area contributed by atoms with Gasteiger partial charge in [-0.2, -0.15) is 0 Å². The molecule has 2 aromatic heterocycles. The van der Waals surface area contributed by atoms with Gasteiger partial charge >= 0.3 is 0 Å². The summed E-state index contributed by atoms with van der Waals surface area (Å²) in [5.74, 6) is 1.94. The maximum absolute atomic E-state index is 6.01. The van der Waals surface area contributed by atoms with Gasteiger partial charge in [0, 0.05) is 42.3 Å². The highest BCUT2D eigenvalue weighted by atomic mass is 16.5. The molecule has 0 radical (unpaired) electrons. The third-order valence-corrected chi connectivity index (χ3v) is 5.23. The predicted molar refractivity (Wildman–Crippen MR) is 94.1 cm³/mol. The van der Waals surface area contributed by atoms with Crippen LogP contribution in [0.3, 0.4) is 0 Å². The summed E-state index contributed by atoms with van der Waals surface area (Å²) in [7, 11) is 0. The van der Waals surface area contributed by atoms with Crippen LogP contribution in [0.2, 0.25) is 0 Å². The van der Waals surface area contributed by atoms with E-state index in [4.69, 9.17) is 14.7 Å². The third kappa shape index (κ3) is 2.77. The third-order valence-electron chi connectivity index (χ3n) is 5.23. The average molecular weight is 324 g/mol. The minimum Gasteiger partial charge on any atom is -0.372 e. The van der Waals surface area contributed by atoms with Crippen LogP contribution >= 0.6 is 0 Å². The van der Waals surface area contributed by atoms with E-state index in [0.29, 0.717) is 0 Å². The summed E-state index contributed by atoms with van der Waals surface area (Å²) in [6.07, 6.45) is 7.92. The van der Waals surface area contributed by atoms with Crippen molar-refractivity contribution in [2.24, 2.45) is 0 Å². The molecule has 0 spiro atoms. The van der Waals surface area contributed by atoms with Crippen LogP contribution in [-0.2, 0) is 17.6 Å². The molecular weight excluding hydrogens is 300 g/mol. The Hall–Kier alpha value is -2.01. The molecule has 1 atom stereocenters. The molecule has 0 saturated carbocycles. The number of nitrogens with zero attached hydrogens (tertiary/aromatic N) is 4. The van der Waals surface area contributed by atoms with E-state index in [1.807, 2.05) is 12.1 Å². The van der Waals surface area contributed by atoms with E-state index in [0.717, 1.165) is 56.2 Å². The lowest BCUT2D eigenvalue weighted by Gasteiger charge is -2.41. The minimum absolute atomic E-state index is 0.0917. The van der Waals surface area contributed by atoms with Crippen molar-refractivity contribution in [3.8, 4) is 11.4 Å². The first-order chi connectivity index (χ1) is 11.7. The average Bonchev–Trinajstić information content (AvgIpc) is 3.10. The monoisotopic (exact) mass is 324 g/mol. The molecule has 1 fully saturated rings. The summed E-state index contributed by atoms with van der Waals surface area (Å²) in [4.78, 5) is 16.3. The zero-order valence-corrected chi connectivity index (χ0v) is 14.5. The first-order valence-corrected chi connectivity index (χ1v) is 8.88. The zero-order chi connectivity index (χ0) is 16.6. The summed E-state index contributed by atoms with van der Waals surface area (Å²) < 4.78 is 6.01. The van der Waals surface area contributed by atoms with Crippen LogP contribution in [0.15, 0.2) is 24.5 Å². The number of pyridine rings is 1. The van der Waals surface area contributed by atoms with Gasteiger partial charge in [0.1, 0.15) is 5.82 Å². The fraction of sp³-hybridized carbons (Fsp3) is 0.526. The summed E-state index contributed by atoms with van der Waals surface area (Å²) in [6.45, 7) is 6.94. The van der Waals surface area contributed by atoms with E-state index in [1.165, 1.54) is 17.7 Å². The summed E-state index contributed by atoms with van der Waals surface area (Å²) in [6, 6.07) is 3.96. The van der Waals surface area contributed by atoms with Gasteiger partial charge in [-0.15, -0.1) is 0 Å². The topological polar surface area (TPSA) is 51.1 Å². The summed E-state index contributed by atoms with van der Waals surface area (Å²) in [5, 5.41) is 0. The molecule has 1 aliphatic carbocycles. The van der Waals surface area contributed by atoms with Crippen LogP contribution < -0.4 is 4.90 Å². The smallest absolute Gasteiger partial charge is 0.161 e. The van der Waals surface area contributed by atoms with Gasteiger partial charge in [0.25, 0.3) is 0 Å². The van der Waals surface area contributed by atoms with Gasteiger partial charge in [0.15, 0.2) is 5.82 Å². The van der Waals surface area contributed by atoms with Crippen molar-refractivity contribution >= 4 is 5.82 Å². The lowest BCUT2D eigenvalue weighted by molar-refractivity contribution is -0.0443. The molecule has 24 heavy (non-hydrogen) atoms. The minimum atomic E-state index is -0.0917. The number of ether oxygens (including phenoxy) is 1. The Labute approximate surface area is 143 Å². The molecular formula is C19H24N4O. The molecule has 2 aromatic rings. The van der Waals surface area contributed by atoms with Gasteiger partial charge < -0.3 is 9.64 Å². The summed E-state index contributed by atoms with van der Waals surface area (Å²) in [5.41, 5.74) is 3.50. The zero-order valence-electron chi connectivity index (χ0n) is 14.5. The molecule has 0 bridgehead atoms. The second-order valence-electron chi connectivity index (χ2n) is 6.96. The van der Waals surface area contributed by atoms with Gasteiger partial charge in [-0.1, -0.05) is 6.92 Å². The molecule has 4 rings (SSSR count). The van der Waals surface area contributed by atoms with Gasteiger partial charge in [-0.3, -0.25) is 4.98 Å². The molecule has 0 N–H and O–H groups in total. The molecule has 0 amide bonds. The highest BCUT2D eigenvalue weighted by Gasteiger charge is 2.33. The van der Waals surface area contributed by atoms with Crippen LogP contribution in [0.5, 0.6) is 0 Å². The lowest BCUT2D eigenvalue weighted by Crippen LogP contribution is -2.50. The van der Waals surface area contributed by atoms with E-state index in [1.54, 1.807) is 12.4 Å². The van der Waals surface area contributed by atoms with Crippen LogP contribution in [0.1, 0.15) is 37.9 Å². The van der Waals surface area contributed by atoms with Crippen LogP contribution in [0.25, 0.3) is 11.4 Å². The van der Waals surface area contributed by atoms with E-state index >= 15 is 0 Å². The van der Waals surface area contributed by atoms with E-state index in [-0.39, 0.29) is 5.60 Å². The molecule has 1 unspecified atom stereocenters. The SMILES string of the molecule is CCC1(C)CN(c2nc(-c3ccncc3)nc3c2CCC3)CCO1. The van der Waals surface area contributed by atoms with Crippen molar-refractivity contribution in [1.82, 2.24) is 15.0 Å². The lowest BCUT2D eigenvalue weighted by atomic mass is 10.0. The van der Waals surface area contributed by atoms with E-state index in [2.05, 4.69) is 23.7 Å². The Balaban J connectivity index is 1.76. The number of hydrogen-bond donors (Lipinski definition) is 0. The number of fused-ring (bicyclic) bond motifs is 1. The Morgan fingerprint density at radius 3 is 2.83 bits per heavy atom. The van der Waals surface area contributed by atoms with Crippen LogP contribution in [-0.4, -0.2) is 40.2 Å². The van der Waals surface area contributed by atoms with Crippen LogP contribution in [0.4, 0.5) is 5.82 Å². The number of rotatable bonds is 3. The van der Waals surface area contributed by atoms with Gasteiger partial charge in [-0.05, 0) is 44.7 Å². The fourth-order valence-electron chi connectivity index (χ4n) is 3.63. The molecule has 0 aromatic carbocycles. The van der Waals surface area contributed by atoms with E-state index < -0.39 is 0 Å². The van der Waals surface area contributed by atoms with Crippen molar-refractivity contribution < 1.29 is 4.74 Å². The van der Waals surface area contributed by atoms with E-state index in [9.17, 15) is 0 Å². The normalized spacial score (nSPS) is 23.3. The van der Waals surface area contributed by atoms with Crippen molar-refractivity contribution in [1.29, 1.82) is 0 Å². The Bertz CT molecular complexity index is 734. The first kappa shape index (κ1) is 15.5. The Kier molecular flexibility index (Phi) is 3.96. The number of aryl methyl sites for hydroxylation is 1. The standard InChI is InChI=1S/C19H24N4O/c1-3-19(2)13-23(11-12-24-19)18-15-5-4-6-16(15)21-17(22-18)14-7-9-20-10-8-14/h7-10H,3-6,11-13H2,1-2H3. The molecule has 1 saturated heterocycles. The van der Waals surface area contributed by atoms with Crippen LogP contribution in [0, 0.1) is 0 Å². The number of anilines is 1.